The number of aryl methyl sites for hydroxylation is 1. The fourth-order valence-corrected chi connectivity index (χ4v) is 5.99. The van der Waals surface area contributed by atoms with Crippen LogP contribution in [0, 0.1) is 6.92 Å². The average Bonchev–Trinajstić information content (AvgIpc) is 3.03. The van der Waals surface area contributed by atoms with Crippen LogP contribution >= 0.6 is 0 Å². The van der Waals surface area contributed by atoms with Crippen molar-refractivity contribution in [1.82, 2.24) is 4.90 Å². The maximum atomic E-state index is 14.2. The van der Waals surface area contributed by atoms with Crippen LogP contribution in [-0.4, -0.2) is 60.2 Å². The van der Waals surface area contributed by atoms with Gasteiger partial charge in [-0.05, 0) is 74.1 Å². The Hall–Kier alpha value is -4.76. The summed E-state index contributed by atoms with van der Waals surface area (Å²) in [5, 5.41) is 3.03. The van der Waals surface area contributed by atoms with Gasteiger partial charge in [0.2, 0.25) is 11.6 Å². The highest BCUT2D eigenvalue weighted by Gasteiger charge is 2.45. The lowest BCUT2D eigenvalue weighted by atomic mass is 9.82. The zero-order chi connectivity index (χ0) is 31.7. The maximum Gasteiger partial charge on any atom is 0.420 e. The lowest BCUT2D eigenvalue weighted by Gasteiger charge is -2.34. The second-order valence-corrected chi connectivity index (χ2v) is 11.7. The van der Waals surface area contributed by atoms with Gasteiger partial charge in [0.15, 0.2) is 6.54 Å². The van der Waals surface area contributed by atoms with Gasteiger partial charge in [0, 0.05) is 48.7 Å². The molecule has 9 heteroatoms. The van der Waals surface area contributed by atoms with Gasteiger partial charge in [0.1, 0.15) is 5.92 Å². The van der Waals surface area contributed by atoms with Crippen LogP contribution in [0.15, 0.2) is 97.1 Å². The summed E-state index contributed by atoms with van der Waals surface area (Å²) in [4.78, 5) is 32.8. The molecular weight excluding hydrogens is 577 g/mol. The number of benzene rings is 4. The van der Waals surface area contributed by atoms with E-state index >= 15 is 0 Å². The van der Waals surface area contributed by atoms with E-state index < -0.39 is 17.7 Å². The van der Waals surface area contributed by atoms with Gasteiger partial charge < -0.3 is 15.1 Å². The van der Waals surface area contributed by atoms with Gasteiger partial charge in [0.05, 0.1) is 11.1 Å². The van der Waals surface area contributed by atoms with Crippen molar-refractivity contribution in [2.75, 3.05) is 43.4 Å². The molecule has 0 unspecified atom stereocenters. The second-order valence-electron chi connectivity index (χ2n) is 11.7. The second kappa shape index (κ2) is 12.3. The fourth-order valence-electron chi connectivity index (χ4n) is 5.99. The molecule has 0 bridgehead atoms. The topological polar surface area (TPSA) is 55.7 Å². The molecule has 230 valence electrons. The summed E-state index contributed by atoms with van der Waals surface area (Å²) in [5.74, 6) is -1.66. The quantitative estimate of drug-likeness (QED) is 0.259. The predicted octanol–water partition coefficient (Wildman–Crippen LogP) is 6.34. The third-order valence-electron chi connectivity index (χ3n) is 8.55. The van der Waals surface area contributed by atoms with Crippen LogP contribution in [0.4, 0.5) is 24.5 Å². The number of fused-ring (bicyclic) bond motifs is 1. The van der Waals surface area contributed by atoms with Gasteiger partial charge >= 0.3 is 12.1 Å². The lowest BCUT2D eigenvalue weighted by Crippen LogP contribution is -2.44. The Bertz CT molecular complexity index is 1740. The molecule has 2 aliphatic heterocycles. The lowest BCUT2D eigenvalue weighted by molar-refractivity contribution is -0.447. The van der Waals surface area contributed by atoms with Crippen molar-refractivity contribution in [3.8, 4) is 0 Å². The first-order valence-electron chi connectivity index (χ1n) is 14.9. The number of hydrogen-bond acceptors (Lipinski definition) is 4. The molecule has 4 aromatic rings. The van der Waals surface area contributed by atoms with Gasteiger partial charge in [-0.25, -0.2) is 4.79 Å². The molecule has 1 saturated heterocycles. The minimum absolute atomic E-state index is 0.146. The minimum Gasteiger partial charge on any atom is -0.369 e. The van der Waals surface area contributed by atoms with E-state index in [0.29, 0.717) is 28.1 Å². The van der Waals surface area contributed by atoms with Gasteiger partial charge in [-0.2, -0.15) is 17.7 Å². The summed E-state index contributed by atoms with van der Waals surface area (Å²) in [6, 6.07) is 26.9. The van der Waals surface area contributed by atoms with Crippen LogP contribution in [0.5, 0.6) is 0 Å². The van der Waals surface area contributed by atoms with Crippen LogP contribution in [0.1, 0.15) is 44.1 Å². The van der Waals surface area contributed by atoms with Crippen LogP contribution in [-0.2, 0) is 17.5 Å². The van der Waals surface area contributed by atoms with Crippen molar-refractivity contribution in [3.63, 3.8) is 0 Å². The first-order chi connectivity index (χ1) is 21.6. The number of carbonyl (C=O) groups excluding carboxylic acids is 2. The van der Waals surface area contributed by atoms with Crippen molar-refractivity contribution in [1.29, 1.82) is 0 Å². The highest BCUT2D eigenvalue weighted by molar-refractivity contribution is 6.22. The van der Waals surface area contributed by atoms with Gasteiger partial charge in [-0.1, -0.05) is 48.0 Å². The Balaban J connectivity index is 1.41. The molecule has 0 aliphatic carbocycles. The normalized spacial score (nSPS) is 17.3. The van der Waals surface area contributed by atoms with E-state index in [1.807, 2.05) is 55.5 Å². The zero-order valence-corrected chi connectivity index (χ0v) is 25.1. The average molecular weight is 612 g/mol. The number of carbonyl (C=O) groups is 2. The molecule has 6 rings (SSSR count). The van der Waals surface area contributed by atoms with E-state index in [-0.39, 0.29) is 18.4 Å². The summed E-state index contributed by atoms with van der Waals surface area (Å²) in [6.45, 7) is 5.88. The van der Waals surface area contributed by atoms with Crippen molar-refractivity contribution < 1.29 is 27.3 Å². The molecule has 1 N–H and O–H groups in total. The van der Waals surface area contributed by atoms with E-state index in [1.54, 1.807) is 24.3 Å². The monoisotopic (exact) mass is 611 g/mol. The van der Waals surface area contributed by atoms with E-state index in [4.69, 9.17) is 0 Å². The number of alkyl halides is 3. The third kappa shape index (κ3) is 6.40. The predicted molar refractivity (Wildman–Crippen MR) is 169 cm³/mol. The van der Waals surface area contributed by atoms with E-state index in [2.05, 4.69) is 22.2 Å². The number of nitrogens with zero attached hydrogens (tertiary/aromatic N) is 3. The number of amides is 2. The molecule has 0 radical (unpaired) electrons. The van der Waals surface area contributed by atoms with Crippen LogP contribution in [0.2, 0.25) is 0 Å². The summed E-state index contributed by atoms with van der Waals surface area (Å²) >= 11 is 0. The molecule has 4 aromatic carbocycles. The van der Waals surface area contributed by atoms with Gasteiger partial charge in [0.25, 0.3) is 0 Å². The smallest absolute Gasteiger partial charge is 0.369 e. The Morgan fingerprint density at radius 2 is 1.51 bits per heavy atom. The summed E-state index contributed by atoms with van der Waals surface area (Å²) < 4.78 is 42.0. The third-order valence-corrected chi connectivity index (χ3v) is 8.55. The number of likely N-dealkylation sites (N-methyl/N-ethyl adjacent to an activating group) is 1. The van der Waals surface area contributed by atoms with Crippen molar-refractivity contribution in [3.05, 3.63) is 130 Å². The van der Waals surface area contributed by atoms with Crippen molar-refractivity contribution in [2.24, 2.45) is 0 Å². The summed E-state index contributed by atoms with van der Waals surface area (Å²) in [7, 11) is 2.10. The van der Waals surface area contributed by atoms with Crippen LogP contribution in [0.25, 0.3) is 0 Å². The molecule has 0 aromatic heterocycles. The largest absolute Gasteiger partial charge is 0.420 e. The molecule has 0 spiro atoms. The molecule has 1 atom stereocenters. The molecule has 1 fully saturated rings. The van der Waals surface area contributed by atoms with Gasteiger partial charge in [-0.3, -0.25) is 4.79 Å². The maximum absolute atomic E-state index is 14.2. The molecule has 2 amide bonds. The Morgan fingerprint density at radius 3 is 2.16 bits per heavy atom. The molecule has 0 saturated carbocycles. The first kappa shape index (κ1) is 30.3. The zero-order valence-electron chi connectivity index (χ0n) is 25.1. The van der Waals surface area contributed by atoms with Crippen molar-refractivity contribution in [2.45, 2.75) is 25.6 Å². The first-order valence-corrected chi connectivity index (χ1v) is 14.9. The SMILES string of the molecule is Cc1ccc(C[N+]2=C(c3ccc(C(F)(F)F)cc3)[C@H](C(=O)Nc3ccc(N4CCN(C)CC4)cc3)c3ccccc3C2=O)cc1. The Morgan fingerprint density at radius 1 is 0.867 bits per heavy atom. The Labute approximate surface area is 260 Å². The minimum atomic E-state index is -4.52. The number of halogens is 3. The molecule has 45 heavy (non-hydrogen) atoms. The number of rotatable bonds is 6. The van der Waals surface area contributed by atoms with Crippen molar-refractivity contribution >= 4 is 28.9 Å². The summed E-state index contributed by atoms with van der Waals surface area (Å²) in [6.07, 6.45) is -4.52. The molecule has 2 heterocycles. The molecular formula is C36H34F3N4O2+. The Kier molecular flexibility index (Phi) is 8.29. The summed E-state index contributed by atoms with van der Waals surface area (Å²) in [5.41, 5.74) is 4.31. The number of piperazine rings is 1. The standard InChI is InChI=1S/C36H33F3N4O2/c1-24-7-9-25(10-8-24)23-43-33(26-11-13-27(14-12-26)36(37,38)39)32(30-5-3-4-6-31(30)35(43)45)34(44)40-28-15-17-29(18-16-28)42-21-19-41(2)20-22-42/h3-18,32H,19-23H2,1-2H3/p+1/t32-/m1/s1. The number of nitrogens with one attached hydrogen (secondary N) is 1. The van der Waals surface area contributed by atoms with Crippen LogP contribution < -0.4 is 10.2 Å². The highest BCUT2D eigenvalue weighted by atomic mass is 19.4. The van der Waals surface area contributed by atoms with E-state index in [0.717, 1.165) is 55.1 Å². The molecule has 2 aliphatic rings. The van der Waals surface area contributed by atoms with E-state index in [1.165, 1.54) is 16.7 Å². The highest BCUT2D eigenvalue weighted by Crippen LogP contribution is 2.34. The fraction of sp³-hybridized carbons (Fsp3) is 0.250. The van der Waals surface area contributed by atoms with E-state index in [9.17, 15) is 22.8 Å². The van der Waals surface area contributed by atoms with Crippen LogP contribution in [0.3, 0.4) is 0 Å². The molecule has 6 nitrogen and oxygen atoms in total. The number of anilines is 2. The van der Waals surface area contributed by atoms with Gasteiger partial charge in [-0.15, -0.1) is 0 Å². The number of hydrogen-bond donors (Lipinski definition) is 1.